The van der Waals surface area contributed by atoms with E-state index in [9.17, 15) is 4.79 Å². The van der Waals surface area contributed by atoms with Crippen molar-refractivity contribution in [3.63, 3.8) is 0 Å². The molecule has 0 fully saturated rings. The van der Waals surface area contributed by atoms with Gasteiger partial charge in [-0.05, 0) is 12.1 Å². The van der Waals surface area contributed by atoms with Crippen LogP contribution in [-0.2, 0) is 0 Å². The second-order valence-corrected chi connectivity index (χ2v) is 2.69. The third-order valence-corrected chi connectivity index (χ3v) is 1.55. The molecular weight excluding hydrogens is 232 g/mol. The first-order chi connectivity index (χ1) is 7.11. The van der Waals surface area contributed by atoms with Gasteiger partial charge in [0.15, 0.2) is 0 Å². The Morgan fingerprint density at radius 2 is 2.12 bits per heavy atom. The first kappa shape index (κ1) is 14.1. The van der Waals surface area contributed by atoms with Crippen molar-refractivity contribution in [2.24, 2.45) is 16.5 Å². The summed E-state index contributed by atoms with van der Waals surface area (Å²) in [5.41, 5.74) is 10.8. The van der Waals surface area contributed by atoms with Gasteiger partial charge in [0.2, 0.25) is 5.96 Å². The van der Waals surface area contributed by atoms with Crippen molar-refractivity contribution in [2.45, 2.75) is 0 Å². The Labute approximate surface area is 99.1 Å². The Balaban J connectivity index is 0.00000225. The van der Waals surface area contributed by atoms with Gasteiger partial charge < -0.3 is 16.2 Å². The zero-order valence-corrected chi connectivity index (χ0v) is 9.45. The number of rotatable bonds is 2. The number of nitrogens with one attached hydrogen (secondary N) is 1. The normalized spacial score (nSPS) is 10.2. The zero-order chi connectivity index (χ0) is 11.3. The Morgan fingerprint density at radius 3 is 2.69 bits per heavy atom. The molecule has 7 heteroatoms. The predicted molar refractivity (Wildman–Crippen MR) is 64.2 cm³/mol. The molecule has 0 aromatic heterocycles. The number of primary amides is 1. The number of ether oxygens (including phenoxy) is 1. The fourth-order valence-corrected chi connectivity index (χ4v) is 0.973. The lowest BCUT2D eigenvalue weighted by atomic mass is 10.3. The quantitative estimate of drug-likeness (QED) is 0.528. The Morgan fingerprint density at radius 1 is 1.44 bits per heavy atom. The molecule has 1 aromatic rings. The van der Waals surface area contributed by atoms with Gasteiger partial charge in [-0.1, -0.05) is 6.07 Å². The van der Waals surface area contributed by atoms with E-state index in [2.05, 4.69) is 10.3 Å². The number of hydrogen-bond acceptors (Lipinski definition) is 3. The number of benzene rings is 1. The second kappa shape index (κ2) is 6.52. The lowest BCUT2D eigenvalue weighted by Gasteiger charge is -2.02. The number of amides is 2. The molecule has 5 N–H and O–H groups in total. The van der Waals surface area contributed by atoms with Gasteiger partial charge in [-0.2, -0.15) is 0 Å². The summed E-state index contributed by atoms with van der Waals surface area (Å²) in [6.07, 6.45) is 0. The summed E-state index contributed by atoms with van der Waals surface area (Å²) in [5.74, 6) is 0.596. The molecule has 0 atom stereocenters. The molecule has 0 bridgehead atoms. The Hall–Kier alpha value is -1.95. The van der Waals surface area contributed by atoms with Crippen LogP contribution in [0.5, 0.6) is 5.75 Å². The van der Waals surface area contributed by atoms with E-state index in [0.29, 0.717) is 11.4 Å². The molecule has 1 rings (SSSR count). The second-order valence-electron chi connectivity index (χ2n) is 2.69. The number of urea groups is 1. The molecule has 0 saturated carbocycles. The maximum atomic E-state index is 10.4. The minimum Gasteiger partial charge on any atom is -0.497 e. The van der Waals surface area contributed by atoms with E-state index in [4.69, 9.17) is 16.2 Å². The van der Waals surface area contributed by atoms with Crippen LogP contribution in [0.25, 0.3) is 0 Å². The van der Waals surface area contributed by atoms with Crippen LogP contribution < -0.4 is 21.5 Å². The zero-order valence-electron chi connectivity index (χ0n) is 8.64. The molecular formula is C9H13ClN4O2. The largest absolute Gasteiger partial charge is 0.497 e. The van der Waals surface area contributed by atoms with Crippen molar-refractivity contribution in [3.05, 3.63) is 24.3 Å². The first-order valence-electron chi connectivity index (χ1n) is 4.16. The van der Waals surface area contributed by atoms with Crippen molar-refractivity contribution < 1.29 is 9.53 Å². The van der Waals surface area contributed by atoms with E-state index in [0.717, 1.165) is 0 Å². The SMILES string of the molecule is COc1cccc(N=C(N)NC(N)=O)c1.Cl. The number of aliphatic imine (C=N–C) groups is 1. The highest BCUT2D eigenvalue weighted by Gasteiger charge is 1.97. The molecule has 0 aliphatic carbocycles. The number of methoxy groups -OCH3 is 1. The fourth-order valence-electron chi connectivity index (χ4n) is 0.973. The first-order valence-corrected chi connectivity index (χ1v) is 4.16. The van der Waals surface area contributed by atoms with Crippen LogP contribution in [0.1, 0.15) is 0 Å². The standard InChI is InChI=1S/C9H12N4O2.ClH/c1-15-7-4-2-3-6(5-7)12-8(10)13-9(11)14;/h2-5H,1H3,(H5,10,11,12,13,14);1H. The molecule has 0 spiro atoms. The molecule has 0 aliphatic rings. The lowest BCUT2D eigenvalue weighted by molar-refractivity contribution is 0.253. The number of hydrogen-bond donors (Lipinski definition) is 3. The molecule has 1 aromatic carbocycles. The van der Waals surface area contributed by atoms with Gasteiger partial charge in [0.25, 0.3) is 0 Å². The molecule has 16 heavy (non-hydrogen) atoms. The molecule has 0 aliphatic heterocycles. The highest BCUT2D eigenvalue weighted by molar-refractivity contribution is 5.95. The minimum absolute atomic E-state index is 0. The molecule has 0 saturated heterocycles. The van der Waals surface area contributed by atoms with Gasteiger partial charge in [0, 0.05) is 6.07 Å². The number of halogens is 1. The van der Waals surface area contributed by atoms with E-state index in [1.54, 1.807) is 31.4 Å². The average molecular weight is 245 g/mol. The molecule has 0 heterocycles. The molecule has 0 unspecified atom stereocenters. The van der Waals surface area contributed by atoms with Crippen LogP contribution in [0.4, 0.5) is 10.5 Å². The van der Waals surface area contributed by atoms with Gasteiger partial charge in [-0.15, -0.1) is 12.4 Å². The number of carbonyl (C=O) groups is 1. The lowest BCUT2D eigenvalue weighted by Crippen LogP contribution is -2.39. The minimum atomic E-state index is -0.751. The molecule has 0 radical (unpaired) electrons. The van der Waals surface area contributed by atoms with E-state index in [1.807, 2.05) is 0 Å². The van der Waals surface area contributed by atoms with Gasteiger partial charge in [0.05, 0.1) is 12.8 Å². The summed E-state index contributed by atoms with van der Waals surface area (Å²) in [6.45, 7) is 0. The van der Waals surface area contributed by atoms with Crippen LogP contribution in [0.15, 0.2) is 29.3 Å². The number of carbonyl (C=O) groups excluding carboxylic acids is 1. The summed E-state index contributed by atoms with van der Waals surface area (Å²) in [6, 6.07) is 6.18. The van der Waals surface area contributed by atoms with E-state index in [-0.39, 0.29) is 18.4 Å². The van der Waals surface area contributed by atoms with E-state index < -0.39 is 6.03 Å². The van der Waals surface area contributed by atoms with Crippen molar-refractivity contribution in [2.75, 3.05) is 7.11 Å². The van der Waals surface area contributed by atoms with Crippen molar-refractivity contribution in [1.29, 1.82) is 0 Å². The summed E-state index contributed by atoms with van der Waals surface area (Å²) in [5, 5.41) is 2.15. The molecule has 6 nitrogen and oxygen atoms in total. The van der Waals surface area contributed by atoms with Crippen LogP contribution in [0, 0.1) is 0 Å². The molecule has 88 valence electrons. The summed E-state index contributed by atoms with van der Waals surface area (Å²) < 4.78 is 5.00. The highest BCUT2D eigenvalue weighted by Crippen LogP contribution is 2.18. The van der Waals surface area contributed by atoms with E-state index >= 15 is 0 Å². The summed E-state index contributed by atoms with van der Waals surface area (Å²) >= 11 is 0. The fraction of sp³-hybridized carbons (Fsp3) is 0.111. The maximum Gasteiger partial charge on any atom is 0.318 e. The van der Waals surface area contributed by atoms with Gasteiger partial charge >= 0.3 is 6.03 Å². The Bertz CT molecular complexity index is 395. The van der Waals surface area contributed by atoms with E-state index in [1.165, 1.54) is 0 Å². The van der Waals surface area contributed by atoms with Crippen molar-refractivity contribution in [3.8, 4) is 5.75 Å². The summed E-state index contributed by atoms with van der Waals surface area (Å²) in [4.78, 5) is 14.4. The van der Waals surface area contributed by atoms with Crippen LogP contribution >= 0.6 is 12.4 Å². The predicted octanol–water partition coefficient (Wildman–Crippen LogP) is 0.731. The third kappa shape index (κ3) is 4.52. The number of nitrogens with zero attached hydrogens (tertiary/aromatic N) is 1. The van der Waals surface area contributed by atoms with Crippen LogP contribution in [0.3, 0.4) is 0 Å². The van der Waals surface area contributed by atoms with Crippen molar-refractivity contribution in [1.82, 2.24) is 5.32 Å². The van der Waals surface area contributed by atoms with Crippen LogP contribution in [0.2, 0.25) is 0 Å². The van der Waals surface area contributed by atoms with Gasteiger partial charge in [-0.25, -0.2) is 9.79 Å². The van der Waals surface area contributed by atoms with Gasteiger partial charge in [-0.3, -0.25) is 5.32 Å². The smallest absolute Gasteiger partial charge is 0.318 e. The topological polar surface area (TPSA) is 103 Å². The van der Waals surface area contributed by atoms with Crippen LogP contribution in [-0.4, -0.2) is 19.1 Å². The highest BCUT2D eigenvalue weighted by atomic mass is 35.5. The third-order valence-electron chi connectivity index (χ3n) is 1.55. The van der Waals surface area contributed by atoms with Gasteiger partial charge in [0.1, 0.15) is 5.75 Å². The molecule has 2 amide bonds. The van der Waals surface area contributed by atoms with Crippen molar-refractivity contribution >= 4 is 30.1 Å². The Kier molecular flexibility index (Phi) is 5.72. The number of guanidine groups is 1. The number of nitrogens with two attached hydrogens (primary N) is 2. The summed E-state index contributed by atoms with van der Waals surface area (Å²) in [7, 11) is 1.55. The maximum absolute atomic E-state index is 10.4. The average Bonchev–Trinajstić information content (AvgIpc) is 2.16. The monoisotopic (exact) mass is 244 g/mol.